The fourth-order valence-corrected chi connectivity index (χ4v) is 4.48. The molecule has 0 amide bonds. The number of rotatable bonds is 2. The second-order valence-electron chi connectivity index (χ2n) is 5.46. The van der Waals surface area contributed by atoms with Crippen LogP contribution in [0.1, 0.15) is 17.5 Å². The van der Waals surface area contributed by atoms with Crippen molar-refractivity contribution < 1.29 is 12.8 Å². The molecule has 23 heavy (non-hydrogen) atoms. The largest absolute Gasteiger partial charge is 0.398 e. The van der Waals surface area contributed by atoms with Crippen molar-refractivity contribution in [2.75, 3.05) is 16.6 Å². The summed E-state index contributed by atoms with van der Waals surface area (Å²) in [4.78, 5) is -0.289. The quantitative estimate of drug-likeness (QED) is 0.840. The first-order valence-corrected chi connectivity index (χ1v) is 8.51. The average Bonchev–Trinajstić information content (AvgIpc) is 2.49. The van der Waals surface area contributed by atoms with E-state index in [1.165, 1.54) is 16.4 Å². The Morgan fingerprint density at radius 3 is 2.70 bits per heavy atom. The standard InChI is InChI=1S/C16H17FN2O2S.ClH/c1-11-7-8-13(17)16(10-11)22(20,21)19-9-3-4-12-14(18)5-2-6-15(12)19;/h2,5-8,10H,3-4,9,18H2,1H3;1H. The van der Waals surface area contributed by atoms with Gasteiger partial charge in [-0.15, -0.1) is 12.4 Å². The molecule has 0 radical (unpaired) electrons. The zero-order valence-electron chi connectivity index (χ0n) is 12.6. The minimum Gasteiger partial charge on any atom is -0.398 e. The number of nitrogens with zero attached hydrogens (tertiary/aromatic N) is 1. The summed E-state index contributed by atoms with van der Waals surface area (Å²) >= 11 is 0. The van der Waals surface area contributed by atoms with Crippen molar-refractivity contribution in [3.8, 4) is 0 Å². The Morgan fingerprint density at radius 1 is 1.22 bits per heavy atom. The number of anilines is 2. The lowest BCUT2D eigenvalue weighted by Crippen LogP contribution is -2.36. The summed E-state index contributed by atoms with van der Waals surface area (Å²) in [6.45, 7) is 2.06. The number of aryl methyl sites for hydroxylation is 1. The molecule has 0 aromatic heterocycles. The molecule has 0 fully saturated rings. The summed E-state index contributed by atoms with van der Waals surface area (Å²) in [7, 11) is -3.94. The first kappa shape index (κ1) is 17.6. The van der Waals surface area contributed by atoms with Crippen molar-refractivity contribution in [2.24, 2.45) is 0 Å². The van der Waals surface area contributed by atoms with E-state index in [1.807, 2.05) is 0 Å². The van der Waals surface area contributed by atoms with Gasteiger partial charge >= 0.3 is 0 Å². The summed E-state index contributed by atoms with van der Waals surface area (Å²) in [6.07, 6.45) is 1.39. The fraction of sp³-hybridized carbons (Fsp3) is 0.250. The van der Waals surface area contributed by atoms with Gasteiger partial charge in [0.05, 0.1) is 5.69 Å². The fourth-order valence-electron chi connectivity index (χ4n) is 2.79. The number of hydrogen-bond acceptors (Lipinski definition) is 3. The van der Waals surface area contributed by atoms with Crippen LogP contribution >= 0.6 is 12.4 Å². The molecule has 0 unspecified atom stereocenters. The number of nitrogen functional groups attached to an aromatic ring is 1. The first-order chi connectivity index (χ1) is 10.4. The van der Waals surface area contributed by atoms with Crippen molar-refractivity contribution in [3.63, 3.8) is 0 Å². The molecular formula is C16H18ClFN2O2S. The highest BCUT2D eigenvalue weighted by atomic mass is 35.5. The van der Waals surface area contributed by atoms with E-state index < -0.39 is 15.8 Å². The van der Waals surface area contributed by atoms with Crippen LogP contribution in [0.5, 0.6) is 0 Å². The third-order valence-electron chi connectivity index (χ3n) is 3.90. The summed E-state index contributed by atoms with van der Waals surface area (Å²) in [5, 5.41) is 0. The maximum Gasteiger partial charge on any atom is 0.267 e. The van der Waals surface area contributed by atoms with Crippen LogP contribution in [-0.2, 0) is 16.4 Å². The van der Waals surface area contributed by atoms with Crippen LogP contribution in [0.2, 0.25) is 0 Å². The molecule has 1 aliphatic heterocycles. The monoisotopic (exact) mass is 356 g/mol. The maximum atomic E-state index is 14.0. The number of sulfonamides is 1. The molecule has 124 valence electrons. The van der Waals surface area contributed by atoms with Gasteiger partial charge in [0.25, 0.3) is 10.0 Å². The molecule has 0 spiro atoms. The highest BCUT2D eigenvalue weighted by Crippen LogP contribution is 2.35. The minimum atomic E-state index is -3.94. The first-order valence-electron chi connectivity index (χ1n) is 7.07. The molecule has 3 rings (SSSR count). The molecule has 2 aromatic carbocycles. The lowest BCUT2D eigenvalue weighted by atomic mass is 10.0. The molecule has 7 heteroatoms. The Kier molecular flexibility index (Phi) is 4.87. The smallest absolute Gasteiger partial charge is 0.267 e. The lowest BCUT2D eigenvalue weighted by Gasteiger charge is -2.31. The lowest BCUT2D eigenvalue weighted by molar-refractivity contribution is 0.560. The highest BCUT2D eigenvalue weighted by molar-refractivity contribution is 7.92. The predicted octanol–water partition coefficient (Wildman–Crippen LogP) is 3.28. The van der Waals surface area contributed by atoms with E-state index in [0.717, 1.165) is 12.0 Å². The molecule has 4 nitrogen and oxygen atoms in total. The molecule has 2 N–H and O–H groups in total. The van der Waals surface area contributed by atoms with E-state index in [1.54, 1.807) is 31.2 Å². The van der Waals surface area contributed by atoms with Gasteiger partial charge in [0, 0.05) is 12.2 Å². The van der Waals surface area contributed by atoms with Crippen molar-refractivity contribution in [2.45, 2.75) is 24.7 Å². The van der Waals surface area contributed by atoms with Crippen LogP contribution in [0, 0.1) is 12.7 Å². The van der Waals surface area contributed by atoms with Gasteiger partial charge in [-0.05, 0) is 55.2 Å². The van der Waals surface area contributed by atoms with Gasteiger partial charge in [0.15, 0.2) is 0 Å². The molecule has 0 atom stereocenters. The molecule has 0 bridgehead atoms. The number of nitrogens with two attached hydrogens (primary N) is 1. The van der Waals surface area contributed by atoms with E-state index >= 15 is 0 Å². The van der Waals surface area contributed by atoms with E-state index in [4.69, 9.17) is 5.73 Å². The topological polar surface area (TPSA) is 63.4 Å². The summed E-state index contributed by atoms with van der Waals surface area (Å²) < 4.78 is 41.1. The second kappa shape index (κ2) is 6.37. The molecule has 1 heterocycles. The van der Waals surface area contributed by atoms with Crippen LogP contribution in [0.4, 0.5) is 15.8 Å². The molecule has 1 aliphatic rings. The Labute approximate surface area is 141 Å². The molecular weight excluding hydrogens is 339 g/mol. The summed E-state index contributed by atoms with van der Waals surface area (Å²) in [6, 6.07) is 9.29. The average molecular weight is 357 g/mol. The van der Waals surface area contributed by atoms with Crippen molar-refractivity contribution in [1.29, 1.82) is 0 Å². The molecule has 2 aromatic rings. The zero-order valence-corrected chi connectivity index (χ0v) is 14.3. The van der Waals surface area contributed by atoms with E-state index in [9.17, 15) is 12.8 Å². The van der Waals surface area contributed by atoms with Gasteiger partial charge in [-0.2, -0.15) is 0 Å². The van der Waals surface area contributed by atoms with Gasteiger partial charge < -0.3 is 5.73 Å². The number of benzene rings is 2. The summed E-state index contributed by atoms with van der Waals surface area (Å²) in [5.41, 5.74) is 8.57. The third-order valence-corrected chi connectivity index (χ3v) is 5.73. The van der Waals surface area contributed by atoms with Crippen molar-refractivity contribution in [3.05, 3.63) is 53.3 Å². The van der Waals surface area contributed by atoms with Gasteiger partial charge in [-0.3, -0.25) is 4.31 Å². The van der Waals surface area contributed by atoms with Crippen molar-refractivity contribution >= 4 is 33.8 Å². The Hall–Kier alpha value is -1.79. The van der Waals surface area contributed by atoms with Gasteiger partial charge in [0.1, 0.15) is 10.7 Å². The Balaban J connectivity index is 0.00000192. The van der Waals surface area contributed by atoms with Crippen LogP contribution < -0.4 is 10.0 Å². The number of hydrogen-bond donors (Lipinski definition) is 1. The maximum absolute atomic E-state index is 14.0. The molecule has 0 aliphatic carbocycles. The third kappa shape index (κ3) is 3.01. The minimum absolute atomic E-state index is 0. The zero-order chi connectivity index (χ0) is 15.9. The van der Waals surface area contributed by atoms with Crippen LogP contribution in [0.3, 0.4) is 0 Å². The van der Waals surface area contributed by atoms with E-state index in [0.29, 0.717) is 29.9 Å². The van der Waals surface area contributed by atoms with Gasteiger partial charge in [-0.1, -0.05) is 12.1 Å². The second-order valence-corrected chi connectivity index (χ2v) is 7.29. The van der Waals surface area contributed by atoms with Crippen molar-refractivity contribution in [1.82, 2.24) is 0 Å². The van der Waals surface area contributed by atoms with E-state index in [2.05, 4.69) is 0 Å². The van der Waals surface area contributed by atoms with Crippen LogP contribution in [0.25, 0.3) is 0 Å². The van der Waals surface area contributed by atoms with Gasteiger partial charge in [-0.25, -0.2) is 12.8 Å². The number of fused-ring (bicyclic) bond motifs is 1. The van der Waals surface area contributed by atoms with Crippen LogP contribution in [-0.4, -0.2) is 15.0 Å². The van der Waals surface area contributed by atoms with Gasteiger partial charge in [0.2, 0.25) is 0 Å². The molecule has 0 saturated carbocycles. The Bertz CT molecular complexity index is 840. The Morgan fingerprint density at radius 2 is 1.96 bits per heavy atom. The predicted molar refractivity (Wildman–Crippen MR) is 92.1 cm³/mol. The highest BCUT2D eigenvalue weighted by Gasteiger charge is 2.31. The number of halogens is 2. The normalized spacial score (nSPS) is 14.1. The SMILES string of the molecule is Cc1ccc(F)c(S(=O)(=O)N2CCCc3c(N)cccc32)c1.Cl. The van der Waals surface area contributed by atoms with E-state index in [-0.39, 0.29) is 17.3 Å². The van der Waals surface area contributed by atoms with Crippen LogP contribution in [0.15, 0.2) is 41.3 Å². The summed E-state index contributed by atoms with van der Waals surface area (Å²) in [5.74, 6) is -0.735. The molecule has 0 saturated heterocycles.